The van der Waals surface area contributed by atoms with E-state index in [1.54, 1.807) is 0 Å². The molecule has 1 amide bonds. The van der Waals surface area contributed by atoms with Gasteiger partial charge in [0, 0.05) is 19.1 Å². The number of fused-ring (bicyclic) bond motifs is 1. The van der Waals surface area contributed by atoms with Crippen molar-refractivity contribution in [3.63, 3.8) is 0 Å². The van der Waals surface area contributed by atoms with Crippen LogP contribution >= 0.6 is 0 Å². The van der Waals surface area contributed by atoms with Gasteiger partial charge < -0.3 is 30.7 Å². The number of amides is 1. The number of aliphatic hydroxyl groups excluding tert-OH is 1. The molecule has 1 aromatic carbocycles. The summed E-state index contributed by atoms with van der Waals surface area (Å²) >= 11 is 0. The van der Waals surface area contributed by atoms with Crippen LogP contribution < -0.4 is 25.6 Å². The first kappa shape index (κ1) is 20.1. The van der Waals surface area contributed by atoms with Crippen molar-refractivity contribution in [2.45, 2.75) is 51.0 Å². The van der Waals surface area contributed by atoms with Crippen LogP contribution in [-0.4, -0.2) is 52.6 Å². The summed E-state index contributed by atoms with van der Waals surface area (Å²) in [6.07, 6.45) is 0.172. The molecule has 1 unspecified atom stereocenters. The monoisotopic (exact) mass is 416 g/mol. The van der Waals surface area contributed by atoms with Crippen LogP contribution in [0.4, 0.5) is 26.6 Å². The molecular formula is C20H25FN6O3. The maximum atomic E-state index is 12.9. The number of aryl methyl sites for hydroxylation is 1. The van der Waals surface area contributed by atoms with Gasteiger partial charge in [-0.05, 0) is 51.0 Å². The summed E-state index contributed by atoms with van der Waals surface area (Å²) in [5, 5.41) is 19.2. The van der Waals surface area contributed by atoms with Gasteiger partial charge in [-0.3, -0.25) is 0 Å². The van der Waals surface area contributed by atoms with Gasteiger partial charge in [-0.2, -0.15) is 4.98 Å². The second-order valence-corrected chi connectivity index (χ2v) is 7.77. The van der Waals surface area contributed by atoms with Crippen LogP contribution in [0.3, 0.4) is 0 Å². The molecule has 4 N–H and O–H groups in total. The Morgan fingerprint density at radius 1 is 1.27 bits per heavy atom. The maximum Gasteiger partial charge on any atom is 0.412 e. The van der Waals surface area contributed by atoms with Gasteiger partial charge in [-0.15, -0.1) is 0 Å². The van der Waals surface area contributed by atoms with E-state index < -0.39 is 12.3 Å². The first-order valence-corrected chi connectivity index (χ1v) is 9.86. The van der Waals surface area contributed by atoms with Crippen molar-refractivity contribution in [1.82, 2.24) is 15.3 Å². The van der Waals surface area contributed by atoms with E-state index in [0.717, 1.165) is 17.2 Å². The van der Waals surface area contributed by atoms with Crippen molar-refractivity contribution in [3.05, 3.63) is 35.8 Å². The molecule has 0 radical (unpaired) electrons. The molecule has 1 saturated carbocycles. The summed E-state index contributed by atoms with van der Waals surface area (Å²) in [6.45, 7) is 3.78. The second kappa shape index (κ2) is 7.94. The number of likely N-dealkylation sites (N-methyl/N-ethyl adjacent to an activating group) is 1. The van der Waals surface area contributed by atoms with Crippen LogP contribution in [0, 0.1) is 12.7 Å². The van der Waals surface area contributed by atoms with Gasteiger partial charge in [0.15, 0.2) is 5.82 Å². The largest absolute Gasteiger partial charge is 0.412 e. The molecule has 4 rings (SSSR count). The SMILES string of the molecule is Cc1nc(NC2CC(NC(=O)Oc3ccc(F)cc3)C2)nc2c1NC(O)[C@H](C)N2C. The van der Waals surface area contributed by atoms with Gasteiger partial charge in [0.05, 0.1) is 11.7 Å². The summed E-state index contributed by atoms with van der Waals surface area (Å²) in [5.41, 5.74) is 1.47. The Bertz CT molecular complexity index is 935. The van der Waals surface area contributed by atoms with Crippen molar-refractivity contribution in [1.29, 1.82) is 0 Å². The molecule has 10 heteroatoms. The Labute approximate surface area is 173 Å². The van der Waals surface area contributed by atoms with Crippen LogP contribution in [0.1, 0.15) is 25.5 Å². The Balaban J connectivity index is 1.30. The Kier molecular flexibility index (Phi) is 5.33. The number of aliphatic hydroxyl groups is 1. The lowest BCUT2D eigenvalue weighted by molar-refractivity contribution is 0.172. The van der Waals surface area contributed by atoms with Crippen molar-refractivity contribution in [2.75, 3.05) is 22.6 Å². The van der Waals surface area contributed by atoms with E-state index in [1.807, 2.05) is 25.8 Å². The lowest BCUT2D eigenvalue weighted by Gasteiger charge is -2.39. The molecule has 9 nitrogen and oxygen atoms in total. The average molecular weight is 416 g/mol. The first-order valence-electron chi connectivity index (χ1n) is 9.86. The van der Waals surface area contributed by atoms with Gasteiger partial charge in [-0.25, -0.2) is 14.2 Å². The minimum Gasteiger partial charge on any atom is -0.410 e. The molecule has 30 heavy (non-hydrogen) atoms. The number of anilines is 3. The normalized spacial score (nSPS) is 24.9. The zero-order valence-electron chi connectivity index (χ0n) is 17.0. The summed E-state index contributed by atoms with van der Waals surface area (Å²) in [7, 11) is 1.89. The predicted octanol–water partition coefficient (Wildman–Crippen LogP) is 2.22. The summed E-state index contributed by atoms with van der Waals surface area (Å²) in [6, 6.07) is 5.27. The third-order valence-corrected chi connectivity index (χ3v) is 5.58. The highest BCUT2D eigenvalue weighted by Gasteiger charge is 2.33. The van der Waals surface area contributed by atoms with Gasteiger partial charge in [0.1, 0.15) is 23.5 Å². The van der Waals surface area contributed by atoms with Crippen LogP contribution in [0.15, 0.2) is 24.3 Å². The molecule has 1 aliphatic heterocycles. The summed E-state index contributed by atoms with van der Waals surface area (Å²) in [5.74, 6) is 1.15. The highest BCUT2D eigenvalue weighted by molar-refractivity contribution is 5.72. The van der Waals surface area contributed by atoms with E-state index in [9.17, 15) is 14.3 Å². The molecule has 1 fully saturated rings. The first-order chi connectivity index (χ1) is 14.3. The number of carbonyl (C=O) groups is 1. The van der Waals surface area contributed by atoms with Gasteiger partial charge in [0.25, 0.3) is 0 Å². The Hall–Kier alpha value is -3.14. The fourth-order valence-electron chi connectivity index (χ4n) is 3.56. The number of rotatable bonds is 4. The number of nitrogens with one attached hydrogen (secondary N) is 3. The zero-order chi connectivity index (χ0) is 21.4. The van der Waals surface area contributed by atoms with E-state index in [4.69, 9.17) is 4.74 Å². The van der Waals surface area contributed by atoms with Gasteiger partial charge in [0.2, 0.25) is 5.95 Å². The second-order valence-electron chi connectivity index (χ2n) is 7.77. The lowest BCUT2D eigenvalue weighted by Crippen LogP contribution is -2.51. The van der Waals surface area contributed by atoms with E-state index in [-0.39, 0.29) is 29.7 Å². The minimum absolute atomic E-state index is 0.0197. The van der Waals surface area contributed by atoms with E-state index in [1.165, 1.54) is 24.3 Å². The molecule has 1 aromatic heterocycles. The fraction of sp³-hybridized carbons (Fsp3) is 0.450. The fourth-order valence-corrected chi connectivity index (χ4v) is 3.56. The summed E-state index contributed by atoms with van der Waals surface area (Å²) in [4.78, 5) is 23.0. The highest BCUT2D eigenvalue weighted by Crippen LogP contribution is 2.34. The van der Waals surface area contributed by atoms with Crippen molar-refractivity contribution < 1.29 is 19.0 Å². The molecule has 160 valence electrons. The topological polar surface area (TPSA) is 112 Å². The quantitative estimate of drug-likeness (QED) is 0.600. The van der Waals surface area contributed by atoms with Crippen LogP contribution in [0.2, 0.25) is 0 Å². The molecule has 2 aliphatic rings. The smallest absolute Gasteiger partial charge is 0.410 e. The number of hydrogen-bond donors (Lipinski definition) is 4. The third kappa shape index (κ3) is 4.09. The molecular weight excluding hydrogens is 391 g/mol. The molecule has 2 heterocycles. The Morgan fingerprint density at radius 2 is 1.97 bits per heavy atom. The molecule has 2 aromatic rings. The summed E-state index contributed by atoms with van der Waals surface area (Å²) < 4.78 is 18.0. The van der Waals surface area contributed by atoms with E-state index >= 15 is 0 Å². The number of nitrogens with zero attached hydrogens (tertiary/aromatic N) is 3. The van der Waals surface area contributed by atoms with Crippen molar-refractivity contribution >= 4 is 23.5 Å². The standard InChI is InChI=1S/C20H25FN6O3/c1-10-16-17(27(3)11(2)18(28)25-16)26-19(22-10)23-13-8-14(9-13)24-20(29)30-15-6-4-12(21)5-7-15/h4-7,11,13-14,18,25,28H,8-9H2,1-3H3,(H,24,29)(H,22,23,26)/t11-,13?,14?,18?/m0/s1. The number of benzene rings is 1. The molecule has 0 saturated heterocycles. The van der Waals surface area contributed by atoms with Gasteiger partial charge in [-0.1, -0.05) is 0 Å². The molecule has 0 spiro atoms. The zero-order valence-corrected chi connectivity index (χ0v) is 17.0. The van der Waals surface area contributed by atoms with Crippen LogP contribution in [-0.2, 0) is 0 Å². The average Bonchev–Trinajstić information content (AvgIpc) is 2.67. The number of halogens is 1. The van der Waals surface area contributed by atoms with E-state index in [2.05, 4.69) is 25.9 Å². The minimum atomic E-state index is -0.684. The number of carbonyl (C=O) groups excluding carboxylic acids is 1. The maximum absolute atomic E-state index is 12.9. The molecule has 2 atom stereocenters. The lowest BCUT2D eigenvalue weighted by atomic mass is 9.87. The highest BCUT2D eigenvalue weighted by atomic mass is 19.1. The van der Waals surface area contributed by atoms with Gasteiger partial charge >= 0.3 is 6.09 Å². The number of hydrogen-bond acceptors (Lipinski definition) is 8. The van der Waals surface area contributed by atoms with Crippen LogP contribution in [0.25, 0.3) is 0 Å². The Morgan fingerprint density at radius 3 is 2.67 bits per heavy atom. The molecule has 1 aliphatic carbocycles. The van der Waals surface area contributed by atoms with Crippen LogP contribution in [0.5, 0.6) is 5.75 Å². The number of ether oxygens (including phenoxy) is 1. The third-order valence-electron chi connectivity index (χ3n) is 5.58. The van der Waals surface area contributed by atoms with E-state index in [0.29, 0.717) is 18.8 Å². The number of aromatic nitrogens is 2. The molecule has 0 bridgehead atoms. The predicted molar refractivity (Wildman–Crippen MR) is 110 cm³/mol. The van der Waals surface area contributed by atoms with Crippen molar-refractivity contribution in [3.8, 4) is 5.75 Å². The van der Waals surface area contributed by atoms with Crippen molar-refractivity contribution in [2.24, 2.45) is 0 Å².